The number of nitrogens with zero attached hydrogens (tertiary/aromatic N) is 4. The van der Waals surface area contributed by atoms with E-state index in [9.17, 15) is 0 Å². The van der Waals surface area contributed by atoms with Gasteiger partial charge in [-0.3, -0.25) is 9.97 Å². The zero-order valence-corrected chi connectivity index (χ0v) is 26.1. The standard InChI is InChI=1S/C40H24N4S2/c1-2-10-27-25(8-1)9-5-13-28(27)26-18-19-31-32(20-26)40(36-17-7-15-34(44-36)38-22-42-24-46-38)30-12-4-3-11-29(30)39(31)35-16-6-14-33(43-35)37-21-41-23-45-37/h1-24H. The van der Waals surface area contributed by atoms with Crippen LogP contribution in [-0.4, -0.2) is 19.9 Å². The molecule has 0 saturated carbocycles. The predicted octanol–water partition coefficient (Wildman–Crippen LogP) is 11.2. The third kappa shape index (κ3) is 4.50. The average molecular weight is 625 g/mol. The lowest BCUT2D eigenvalue weighted by Gasteiger charge is -2.18. The molecule has 46 heavy (non-hydrogen) atoms. The third-order valence-electron chi connectivity index (χ3n) is 8.50. The summed E-state index contributed by atoms with van der Waals surface area (Å²) in [4.78, 5) is 21.2. The number of fused-ring (bicyclic) bond motifs is 3. The van der Waals surface area contributed by atoms with Gasteiger partial charge >= 0.3 is 0 Å². The van der Waals surface area contributed by atoms with Gasteiger partial charge in [0.1, 0.15) is 0 Å². The fraction of sp³-hybridized carbons (Fsp3) is 0. The van der Waals surface area contributed by atoms with E-state index in [0.717, 1.165) is 70.8 Å². The fourth-order valence-electron chi connectivity index (χ4n) is 6.48. The van der Waals surface area contributed by atoms with Crippen LogP contribution in [0.3, 0.4) is 0 Å². The van der Waals surface area contributed by atoms with E-state index in [1.807, 2.05) is 23.4 Å². The van der Waals surface area contributed by atoms with Crippen LogP contribution in [0.4, 0.5) is 0 Å². The molecule has 5 aromatic carbocycles. The molecule has 0 fully saturated rings. The molecule has 0 aliphatic carbocycles. The quantitative estimate of drug-likeness (QED) is 0.179. The number of hydrogen-bond acceptors (Lipinski definition) is 6. The number of pyridine rings is 2. The molecule has 9 rings (SSSR count). The average Bonchev–Trinajstić information content (AvgIpc) is 3.86. The Bertz CT molecular complexity index is 2530. The summed E-state index contributed by atoms with van der Waals surface area (Å²) in [6.45, 7) is 0. The van der Waals surface area contributed by atoms with Crippen molar-refractivity contribution in [3.8, 4) is 54.8 Å². The van der Waals surface area contributed by atoms with E-state index in [2.05, 4.69) is 131 Å². The smallest absolute Gasteiger partial charge is 0.0825 e. The minimum atomic E-state index is 0.922. The molecular weight excluding hydrogens is 601 g/mol. The second kappa shape index (κ2) is 11.1. The Morgan fingerprint density at radius 3 is 1.57 bits per heavy atom. The Kier molecular flexibility index (Phi) is 6.47. The Hall–Kier alpha value is -5.56. The molecule has 0 amide bonds. The predicted molar refractivity (Wildman–Crippen MR) is 193 cm³/mol. The molecule has 216 valence electrons. The van der Waals surface area contributed by atoms with Crippen LogP contribution >= 0.6 is 22.7 Å². The van der Waals surface area contributed by atoms with E-state index in [1.165, 1.54) is 16.3 Å². The Labute approximate surface area is 273 Å². The van der Waals surface area contributed by atoms with Gasteiger partial charge in [0.25, 0.3) is 0 Å². The van der Waals surface area contributed by atoms with Crippen LogP contribution in [0.25, 0.3) is 87.1 Å². The zero-order valence-electron chi connectivity index (χ0n) is 24.5. The molecule has 4 nitrogen and oxygen atoms in total. The Morgan fingerprint density at radius 2 is 0.935 bits per heavy atom. The highest BCUT2D eigenvalue weighted by Crippen LogP contribution is 2.45. The maximum absolute atomic E-state index is 5.24. The van der Waals surface area contributed by atoms with Crippen LogP contribution in [0.5, 0.6) is 0 Å². The van der Waals surface area contributed by atoms with Gasteiger partial charge < -0.3 is 0 Å². The van der Waals surface area contributed by atoms with Crippen molar-refractivity contribution in [3.05, 3.63) is 145 Å². The van der Waals surface area contributed by atoms with Crippen molar-refractivity contribution in [2.24, 2.45) is 0 Å². The van der Waals surface area contributed by atoms with Crippen molar-refractivity contribution in [2.45, 2.75) is 0 Å². The molecule has 6 heteroatoms. The molecule has 0 aliphatic heterocycles. The fourth-order valence-corrected chi connectivity index (χ4v) is 7.66. The monoisotopic (exact) mass is 624 g/mol. The molecule has 0 unspecified atom stereocenters. The lowest BCUT2D eigenvalue weighted by Crippen LogP contribution is -1.95. The molecule has 0 bridgehead atoms. The largest absolute Gasteiger partial charge is 0.252 e. The molecule has 0 aliphatic rings. The minimum absolute atomic E-state index is 0.922. The molecule has 0 saturated heterocycles. The van der Waals surface area contributed by atoms with E-state index < -0.39 is 0 Å². The molecular formula is C40H24N4S2. The minimum Gasteiger partial charge on any atom is -0.252 e. The normalized spacial score (nSPS) is 11.5. The van der Waals surface area contributed by atoms with Crippen molar-refractivity contribution in [3.63, 3.8) is 0 Å². The molecule has 4 aromatic heterocycles. The summed E-state index contributed by atoms with van der Waals surface area (Å²) in [5, 5.41) is 7.01. The first kappa shape index (κ1) is 26.8. The van der Waals surface area contributed by atoms with Crippen molar-refractivity contribution >= 4 is 55.0 Å². The lowest BCUT2D eigenvalue weighted by atomic mass is 9.86. The maximum Gasteiger partial charge on any atom is 0.0825 e. The summed E-state index contributed by atoms with van der Waals surface area (Å²) in [6.07, 6.45) is 3.77. The summed E-state index contributed by atoms with van der Waals surface area (Å²) in [7, 11) is 0. The highest BCUT2D eigenvalue weighted by molar-refractivity contribution is 7.13. The van der Waals surface area contributed by atoms with Crippen LogP contribution < -0.4 is 0 Å². The van der Waals surface area contributed by atoms with Crippen LogP contribution in [0.2, 0.25) is 0 Å². The SMILES string of the molecule is c1cc(-c2cncs2)nc(-c2c3ccccc3c(-c3cccc(-c4cncs4)n3)c3cc(-c4cccc5ccccc45)ccc23)c1. The van der Waals surface area contributed by atoms with Crippen molar-refractivity contribution in [1.29, 1.82) is 0 Å². The number of hydrogen-bond donors (Lipinski definition) is 0. The van der Waals surface area contributed by atoms with E-state index in [4.69, 9.17) is 9.97 Å². The van der Waals surface area contributed by atoms with Crippen LogP contribution in [-0.2, 0) is 0 Å². The Morgan fingerprint density at radius 1 is 0.413 bits per heavy atom. The molecule has 9 aromatic rings. The zero-order chi connectivity index (χ0) is 30.5. The second-order valence-corrected chi connectivity index (χ2v) is 12.9. The van der Waals surface area contributed by atoms with Gasteiger partial charge in [0, 0.05) is 23.5 Å². The van der Waals surface area contributed by atoms with E-state index >= 15 is 0 Å². The molecule has 0 N–H and O–H groups in total. The van der Waals surface area contributed by atoms with Gasteiger partial charge in [-0.2, -0.15) is 0 Å². The highest BCUT2D eigenvalue weighted by atomic mass is 32.1. The van der Waals surface area contributed by atoms with Crippen LogP contribution in [0, 0.1) is 0 Å². The van der Waals surface area contributed by atoms with Gasteiger partial charge in [0.05, 0.1) is 43.6 Å². The van der Waals surface area contributed by atoms with E-state index in [1.54, 1.807) is 22.7 Å². The number of aromatic nitrogens is 4. The van der Waals surface area contributed by atoms with Gasteiger partial charge in [-0.25, -0.2) is 9.97 Å². The number of benzene rings is 5. The second-order valence-electron chi connectivity index (χ2n) is 11.1. The van der Waals surface area contributed by atoms with Gasteiger partial charge in [0.2, 0.25) is 0 Å². The van der Waals surface area contributed by atoms with Gasteiger partial charge in [-0.1, -0.05) is 91.0 Å². The topological polar surface area (TPSA) is 51.6 Å². The van der Waals surface area contributed by atoms with Crippen LogP contribution in [0.1, 0.15) is 0 Å². The lowest BCUT2D eigenvalue weighted by molar-refractivity contribution is 1.33. The molecule has 0 spiro atoms. The summed E-state index contributed by atoms with van der Waals surface area (Å²) in [6, 6.07) is 43.2. The first-order valence-corrected chi connectivity index (χ1v) is 16.8. The van der Waals surface area contributed by atoms with Crippen LogP contribution in [0.15, 0.2) is 145 Å². The van der Waals surface area contributed by atoms with Crippen molar-refractivity contribution < 1.29 is 0 Å². The number of rotatable bonds is 5. The molecule has 0 atom stereocenters. The summed E-state index contributed by atoms with van der Waals surface area (Å²) >= 11 is 3.20. The van der Waals surface area contributed by atoms with Gasteiger partial charge in [-0.15, -0.1) is 22.7 Å². The van der Waals surface area contributed by atoms with Crippen molar-refractivity contribution in [2.75, 3.05) is 0 Å². The number of thiazole rings is 2. The summed E-state index contributed by atoms with van der Waals surface area (Å²) in [5.41, 5.74) is 12.0. The first-order valence-electron chi connectivity index (χ1n) is 15.0. The third-order valence-corrected chi connectivity index (χ3v) is 10.1. The summed E-state index contributed by atoms with van der Waals surface area (Å²) < 4.78 is 0. The summed E-state index contributed by atoms with van der Waals surface area (Å²) in [5.74, 6) is 0. The van der Waals surface area contributed by atoms with Gasteiger partial charge in [0.15, 0.2) is 0 Å². The first-order chi connectivity index (χ1) is 22.8. The van der Waals surface area contributed by atoms with Gasteiger partial charge in [-0.05, 0) is 73.8 Å². The van der Waals surface area contributed by atoms with E-state index in [0.29, 0.717) is 0 Å². The Balaban J connectivity index is 1.38. The molecule has 4 heterocycles. The highest BCUT2D eigenvalue weighted by Gasteiger charge is 2.20. The molecule has 0 radical (unpaired) electrons. The van der Waals surface area contributed by atoms with Crippen molar-refractivity contribution in [1.82, 2.24) is 19.9 Å². The van der Waals surface area contributed by atoms with E-state index in [-0.39, 0.29) is 0 Å². The maximum atomic E-state index is 5.24.